The molecule has 1 rings (SSSR count). The number of benzene rings is 1. The molecule has 0 fully saturated rings. The second-order valence-corrected chi connectivity index (χ2v) is 15.6. The second kappa shape index (κ2) is 10.0. The lowest BCUT2D eigenvalue weighted by atomic mass is 10.2. The molecule has 0 unspecified atom stereocenters. The summed E-state index contributed by atoms with van der Waals surface area (Å²) in [5.41, 5.74) is 1.96. The number of nitrogens with zero attached hydrogens (tertiary/aromatic N) is 1. The fourth-order valence-corrected chi connectivity index (χ4v) is 6.25. The lowest BCUT2D eigenvalue weighted by Gasteiger charge is -2.26. The normalized spacial score (nSPS) is 13.3. The van der Waals surface area contributed by atoms with E-state index < -0.39 is 18.1 Å². The molecule has 0 spiro atoms. The Morgan fingerprint density at radius 3 is 2.27 bits per heavy atom. The summed E-state index contributed by atoms with van der Waals surface area (Å²) in [5, 5.41) is 2.29. The van der Waals surface area contributed by atoms with Crippen molar-refractivity contribution in [3.05, 3.63) is 53.3 Å². The summed E-state index contributed by atoms with van der Waals surface area (Å²) >= 11 is 3.46. The highest BCUT2D eigenvalue weighted by atomic mass is 79.9. The Kier molecular flexibility index (Phi) is 8.99. The zero-order valence-corrected chi connectivity index (χ0v) is 20.1. The van der Waals surface area contributed by atoms with E-state index in [1.807, 2.05) is 19.1 Å². The van der Waals surface area contributed by atoms with E-state index in [0.717, 1.165) is 35.7 Å². The van der Waals surface area contributed by atoms with Gasteiger partial charge in [-0.3, -0.25) is 0 Å². The van der Waals surface area contributed by atoms with Crippen LogP contribution in [0.1, 0.15) is 24.8 Å². The van der Waals surface area contributed by atoms with Gasteiger partial charge in [0.2, 0.25) is 10.0 Å². The van der Waals surface area contributed by atoms with Crippen LogP contribution in [0.5, 0.6) is 0 Å². The number of hydrogen-bond acceptors (Lipinski definition) is 2. The van der Waals surface area contributed by atoms with Crippen LogP contribution in [0.15, 0.2) is 52.6 Å². The summed E-state index contributed by atoms with van der Waals surface area (Å²) in [5.74, 6) is 0. The Labute approximate surface area is 169 Å². The minimum Gasteiger partial charge on any atom is -0.207 e. The molecule has 0 N–H and O–H groups in total. The van der Waals surface area contributed by atoms with Crippen LogP contribution in [0.2, 0.25) is 19.6 Å². The van der Waals surface area contributed by atoms with Crippen LogP contribution < -0.4 is 0 Å². The monoisotopic (exact) mass is 457 g/mol. The topological polar surface area (TPSA) is 37.4 Å². The first-order valence-corrected chi connectivity index (χ1v) is 15.0. The quantitative estimate of drug-likeness (QED) is 0.200. The number of hydrogen-bond donors (Lipinski definition) is 0. The van der Waals surface area contributed by atoms with Crippen molar-refractivity contribution in [1.82, 2.24) is 4.31 Å². The predicted molar refractivity (Wildman–Crippen MR) is 119 cm³/mol. The lowest BCUT2D eigenvalue weighted by Crippen LogP contribution is -2.33. The molecule has 0 aliphatic carbocycles. The van der Waals surface area contributed by atoms with E-state index in [4.69, 9.17) is 0 Å². The van der Waals surface area contributed by atoms with Crippen LogP contribution in [0.3, 0.4) is 0 Å². The van der Waals surface area contributed by atoms with Crippen LogP contribution >= 0.6 is 15.9 Å². The molecule has 0 aliphatic heterocycles. The van der Waals surface area contributed by atoms with Crippen LogP contribution in [-0.4, -0.2) is 39.7 Å². The maximum absolute atomic E-state index is 12.8. The van der Waals surface area contributed by atoms with E-state index in [1.54, 1.807) is 19.2 Å². The molecule has 0 bridgehead atoms. The van der Waals surface area contributed by atoms with Crippen LogP contribution in [0.4, 0.5) is 0 Å². The first kappa shape index (κ1) is 23.3. The summed E-state index contributed by atoms with van der Waals surface area (Å²) in [6.07, 6.45) is 5.57. The first-order chi connectivity index (χ1) is 12.0. The first-order valence-electron chi connectivity index (χ1n) is 8.98. The van der Waals surface area contributed by atoms with Gasteiger partial charge in [-0.25, -0.2) is 8.42 Å². The van der Waals surface area contributed by atoms with Gasteiger partial charge in [-0.05, 0) is 43.9 Å². The van der Waals surface area contributed by atoms with E-state index in [1.165, 1.54) is 9.50 Å². The third-order valence-corrected chi connectivity index (χ3v) is 8.82. The van der Waals surface area contributed by atoms with Crippen molar-refractivity contribution in [3.63, 3.8) is 0 Å². The molecule has 0 atom stereocenters. The maximum atomic E-state index is 12.8. The minimum absolute atomic E-state index is 0.324. The van der Waals surface area contributed by atoms with E-state index in [0.29, 0.717) is 11.4 Å². The Bertz CT molecular complexity index is 734. The van der Waals surface area contributed by atoms with Crippen molar-refractivity contribution in [2.75, 3.05) is 18.9 Å². The van der Waals surface area contributed by atoms with Crippen LogP contribution in [0, 0.1) is 6.92 Å². The van der Waals surface area contributed by atoms with Crippen LogP contribution in [-0.2, 0) is 10.0 Å². The van der Waals surface area contributed by atoms with Crippen molar-refractivity contribution in [1.29, 1.82) is 0 Å². The van der Waals surface area contributed by atoms with Gasteiger partial charge in [0.05, 0.1) is 13.0 Å². The summed E-state index contributed by atoms with van der Waals surface area (Å²) in [7, 11) is -3.47. The Morgan fingerprint density at radius 1 is 1.19 bits per heavy atom. The lowest BCUT2D eigenvalue weighted by molar-refractivity contribution is 0.494. The molecule has 0 saturated heterocycles. The zero-order chi connectivity index (χ0) is 20.0. The third kappa shape index (κ3) is 6.80. The van der Waals surface area contributed by atoms with E-state index >= 15 is 0 Å². The van der Waals surface area contributed by atoms with Gasteiger partial charge in [-0.15, -0.1) is 0 Å². The molecular formula is C20H32BrNO2SSi. The Balaban J connectivity index is 2.95. The summed E-state index contributed by atoms with van der Waals surface area (Å²) in [4.78, 5) is 0.328. The van der Waals surface area contributed by atoms with E-state index in [2.05, 4.69) is 48.2 Å². The number of likely N-dealkylation sites (N-methyl/N-ethyl adjacent to an activating group) is 1. The average Bonchev–Trinajstić information content (AvgIpc) is 2.53. The fourth-order valence-electron chi connectivity index (χ4n) is 2.80. The number of unbranched alkanes of at least 4 members (excludes halogenated alkanes) is 2. The third-order valence-electron chi connectivity index (χ3n) is 4.27. The number of alkyl halides is 1. The zero-order valence-electron chi connectivity index (χ0n) is 16.7. The largest absolute Gasteiger partial charge is 0.243 e. The molecular weight excluding hydrogens is 426 g/mol. The number of rotatable bonds is 10. The van der Waals surface area contributed by atoms with Gasteiger partial charge in [0, 0.05) is 18.9 Å². The average molecular weight is 459 g/mol. The number of aryl methyl sites for hydroxylation is 1. The molecule has 6 heteroatoms. The minimum atomic E-state index is -3.50. The smallest absolute Gasteiger partial charge is 0.207 e. The molecule has 0 saturated carbocycles. The highest BCUT2D eigenvalue weighted by Crippen LogP contribution is 2.25. The van der Waals surface area contributed by atoms with Crippen molar-refractivity contribution < 1.29 is 8.42 Å². The standard InChI is InChI=1S/C20H32BrNO2SSi/c1-17-11-13-19(14-12-17)25(23,24)22(3)16-18(2)20(26(4,5)6)10-8-7-9-15-21/h10-14H,2,7-9,15-16H2,1,3-6H3/b20-10-. The molecule has 0 aromatic heterocycles. The summed E-state index contributed by atoms with van der Waals surface area (Å²) in [6.45, 7) is 13.3. The Hall–Kier alpha value is -0.693. The highest BCUT2D eigenvalue weighted by molar-refractivity contribution is 9.09. The molecule has 0 aliphatic rings. The molecule has 3 nitrogen and oxygen atoms in total. The number of allylic oxidation sites excluding steroid dienone is 1. The van der Waals surface area contributed by atoms with Crippen molar-refractivity contribution in [3.8, 4) is 0 Å². The molecule has 0 radical (unpaired) electrons. The SMILES string of the molecule is C=C(CN(C)S(=O)(=O)c1ccc(C)cc1)/C(=C/CCCCBr)[Si](C)(C)C. The Morgan fingerprint density at radius 2 is 1.77 bits per heavy atom. The van der Waals surface area contributed by atoms with Gasteiger partial charge in [-0.2, -0.15) is 4.31 Å². The maximum Gasteiger partial charge on any atom is 0.243 e. The molecule has 0 amide bonds. The predicted octanol–water partition coefficient (Wildman–Crippen LogP) is 5.54. The fraction of sp³-hybridized carbons (Fsp3) is 0.500. The van der Waals surface area contributed by atoms with Crippen LogP contribution in [0.25, 0.3) is 0 Å². The number of sulfonamides is 1. The van der Waals surface area contributed by atoms with Gasteiger partial charge in [0.1, 0.15) is 0 Å². The second-order valence-electron chi connectivity index (χ2n) is 7.73. The van der Waals surface area contributed by atoms with E-state index in [-0.39, 0.29) is 0 Å². The number of halogens is 1. The molecule has 0 heterocycles. The van der Waals surface area contributed by atoms with Gasteiger partial charge < -0.3 is 0 Å². The van der Waals surface area contributed by atoms with E-state index in [9.17, 15) is 8.42 Å². The molecule has 1 aromatic rings. The van der Waals surface area contributed by atoms with Gasteiger partial charge in [0.25, 0.3) is 0 Å². The van der Waals surface area contributed by atoms with Crippen molar-refractivity contribution in [2.45, 2.75) is 50.7 Å². The van der Waals surface area contributed by atoms with Crippen molar-refractivity contribution in [2.24, 2.45) is 0 Å². The highest BCUT2D eigenvalue weighted by Gasteiger charge is 2.26. The molecule has 26 heavy (non-hydrogen) atoms. The molecule has 1 aromatic carbocycles. The summed E-state index contributed by atoms with van der Waals surface area (Å²) in [6, 6.07) is 6.98. The van der Waals surface area contributed by atoms with Gasteiger partial charge >= 0.3 is 0 Å². The summed E-state index contributed by atoms with van der Waals surface area (Å²) < 4.78 is 27.1. The van der Waals surface area contributed by atoms with Gasteiger partial charge in [-0.1, -0.05) is 71.1 Å². The van der Waals surface area contributed by atoms with Gasteiger partial charge in [0.15, 0.2) is 0 Å². The molecule has 146 valence electrons. The van der Waals surface area contributed by atoms with Crippen molar-refractivity contribution >= 4 is 34.0 Å².